The maximum atomic E-state index is 5.34. The highest BCUT2D eigenvalue weighted by atomic mass is 16.7. The fourth-order valence-electron chi connectivity index (χ4n) is 1.17. The molecule has 70 valence electrons. The molecule has 1 aliphatic heterocycles. The monoisotopic (exact) mass is 170 g/mol. The first kappa shape index (κ1) is 9.75. The summed E-state index contributed by atoms with van der Waals surface area (Å²) in [5, 5.41) is 0. The number of allylic oxidation sites excluding steroid dienone is 1. The zero-order valence-electron chi connectivity index (χ0n) is 8.01. The van der Waals surface area contributed by atoms with Gasteiger partial charge in [-0.2, -0.15) is 0 Å². The molecule has 1 heterocycles. The molecular weight excluding hydrogens is 152 g/mol. The first-order valence-electron chi connectivity index (χ1n) is 4.51. The molecule has 0 unspecified atom stereocenters. The van der Waals surface area contributed by atoms with Gasteiger partial charge in [0, 0.05) is 0 Å². The smallest absolute Gasteiger partial charge is 0.157 e. The van der Waals surface area contributed by atoms with Crippen LogP contribution < -0.4 is 0 Å². The van der Waals surface area contributed by atoms with Crippen LogP contribution >= 0.6 is 0 Å². The van der Waals surface area contributed by atoms with Crippen molar-refractivity contribution in [3.63, 3.8) is 0 Å². The van der Waals surface area contributed by atoms with E-state index in [1.165, 1.54) is 0 Å². The van der Waals surface area contributed by atoms with E-state index in [0.29, 0.717) is 0 Å². The summed E-state index contributed by atoms with van der Waals surface area (Å²) in [5.74, 6) is 0. The Bertz CT molecular complexity index is 146. The highest BCUT2D eigenvalue weighted by molar-refractivity contribution is 4.87. The second-order valence-electron chi connectivity index (χ2n) is 3.90. The quantitative estimate of drug-likeness (QED) is 0.603. The van der Waals surface area contributed by atoms with Gasteiger partial charge in [0.1, 0.15) is 0 Å². The molecule has 1 fully saturated rings. The van der Waals surface area contributed by atoms with Gasteiger partial charge in [-0.05, 0) is 18.3 Å². The third kappa shape index (κ3) is 2.95. The van der Waals surface area contributed by atoms with Gasteiger partial charge >= 0.3 is 0 Å². The molecule has 0 N–H and O–H groups in total. The normalized spacial score (nSPS) is 19.8. The third-order valence-corrected chi connectivity index (χ3v) is 2.27. The topological polar surface area (TPSA) is 18.5 Å². The highest BCUT2D eigenvalue weighted by Crippen LogP contribution is 2.25. The Kier molecular flexibility index (Phi) is 3.29. The fourth-order valence-corrected chi connectivity index (χ4v) is 1.17. The van der Waals surface area contributed by atoms with Crippen LogP contribution in [-0.2, 0) is 9.47 Å². The van der Waals surface area contributed by atoms with Crippen molar-refractivity contribution in [2.24, 2.45) is 5.41 Å². The van der Waals surface area contributed by atoms with Crippen molar-refractivity contribution in [2.45, 2.75) is 33.0 Å². The van der Waals surface area contributed by atoms with Crippen LogP contribution in [0.4, 0.5) is 0 Å². The van der Waals surface area contributed by atoms with Gasteiger partial charge in [0.15, 0.2) is 6.29 Å². The van der Waals surface area contributed by atoms with Gasteiger partial charge in [0.2, 0.25) is 0 Å². The summed E-state index contributed by atoms with van der Waals surface area (Å²) in [6.45, 7) is 9.65. The second-order valence-corrected chi connectivity index (χ2v) is 3.90. The van der Waals surface area contributed by atoms with Crippen molar-refractivity contribution in [2.75, 3.05) is 13.2 Å². The van der Waals surface area contributed by atoms with Crippen LogP contribution in [0.1, 0.15) is 26.7 Å². The van der Waals surface area contributed by atoms with E-state index in [4.69, 9.17) is 9.47 Å². The molecule has 0 saturated carbocycles. The molecule has 0 amide bonds. The van der Waals surface area contributed by atoms with E-state index in [0.717, 1.165) is 26.1 Å². The first-order valence-corrected chi connectivity index (χ1v) is 4.51. The number of hydrogen-bond donors (Lipinski definition) is 0. The summed E-state index contributed by atoms with van der Waals surface area (Å²) in [6.07, 6.45) is 4.06. The minimum atomic E-state index is 0.0317. The maximum Gasteiger partial charge on any atom is 0.157 e. The van der Waals surface area contributed by atoms with E-state index in [1.807, 2.05) is 6.08 Å². The van der Waals surface area contributed by atoms with E-state index in [1.54, 1.807) is 0 Å². The fraction of sp³-hybridized carbons (Fsp3) is 0.800. The lowest BCUT2D eigenvalue weighted by Gasteiger charge is -2.20. The van der Waals surface area contributed by atoms with E-state index in [2.05, 4.69) is 20.4 Å². The zero-order valence-corrected chi connectivity index (χ0v) is 8.01. The van der Waals surface area contributed by atoms with E-state index >= 15 is 0 Å². The summed E-state index contributed by atoms with van der Waals surface area (Å²) < 4.78 is 10.7. The molecule has 0 bridgehead atoms. The van der Waals surface area contributed by atoms with Gasteiger partial charge < -0.3 is 9.47 Å². The van der Waals surface area contributed by atoms with Crippen LogP contribution in [-0.4, -0.2) is 19.5 Å². The van der Waals surface area contributed by atoms with Gasteiger partial charge in [-0.1, -0.05) is 19.9 Å². The van der Waals surface area contributed by atoms with Crippen LogP contribution in [0.15, 0.2) is 12.7 Å². The van der Waals surface area contributed by atoms with Crippen LogP contribution in [0.2, 0.25) is 0 Å². The first-order chi connectivity index (χ1) is 5.64. The molecule has 0 aromatic rings. The molecule has 2 heteroatoms. The van der Waals surface area contributed by atoms with Gasteiger partial charge in [-0.25, -0.2) is 0 Å². The average Bonchev–Trinajstić information content (AvgIpc) is 2.53. The van der Waals surface area contributed by atoms with Gasteiger partial charge in [0.25, 0.3) is 0 Å². The van der Waals surface area contributed by atoms with Crippen molar-refractivity contribution in [1.82, 2.24) is 0 Å². The summed E-state index contributed by atoms with van der Waals surface area (Å²) >= 11 is 0. The highest BCUT2D eigenvalue weighted by Gasteiger charge is 2.20. The molecule has 1 aliphatic rings. The van der Waals surface area contributed by atoms with E-state index in [-0.39, 0.29) is 11.7 Å². The standard InChI is InChI=1S/C10H18O2/c1-4-10(2,3)6-5-9-11-7-8-12-9/h4,9H,1,5-8H2,2-3H3. The van der Waals surface area contributed by atoms with Crippen LogP contribution in [0.3, 0.4) is 0 Å². The van der Waals surface area contributed by atoms with Crippen molar-refractivity contribution in [3.05, 3.63) is 12.7 Å². The summed E-state index contributed by atoms with van der Waals surface area (Å²) in [6, 6.07) is 0. The lowest BCUT2D eigenvalue weighted by molar-refractivity contribution is -0.0514. The van der Waals surface area contributed by atoms with Crippen LogP contribution in [0.25, 0.3) is 0 Å². The Hall–Kier alpha value is -0.340. The van der Waals surface area contributed by atoms with Crippen molar-refractivity contribution < 1.29 is 9.47 Å². The lowest BCUT2D eigenvalue weighted by atomic mass is 9.88. The molecule has 0 aromatic carbocycles. The van der Waals surface area contributed by atoms with E-state index < -0.39 is 0 Å². The molecule has 12 heavy (non-hydrogen) atoms. The number of hydrogen-bond acceptors (Lipinski definition) is 2. The third-order valence-electron chi connectivity index (χ3n) is 2.27. The Morgan fingerprint density at radius 1 is 1.42 bits per heavy atom. The average molecular weight is 170 g/mol. The predicted molar refractivity (Wildman–Crippen MR) is 48.9 cm³/mol. The summed E-state index contributed by atoms with van der Waals surface area (Å²) in [5.41, 5.74) is 0.204. The van der Waals surface area contributed by atoms with Crippen LogP contribution in [0, 0.1) is 5.41 Å². The van der Waals surface area contributed by atoms with Crippen molar-refractivity contribution >= 4 is 0 Å². The Labute approximate surface area is 74.6 Å². The molecule has 1 rings (SSSR count). The number of ether oxygens (including phenoxy) is 2. The van der Waals surface area contributed by atoms with Gasteiger partial charge in [-0.3, -0.25) is 0 Å². The summed E-state index contributed by atoms with van der Waals surface area (Å²) in [4.78, 5) is 0. The molecular formula is C10H18O2. The van der Waals surface area contributed by atoms with E-state index in [9.17, 15) is 0 Å². The summed E-state index contributed by atoms with van der Waals surface area (Å²) in [7, 11) is 0. The van der Waals surface area contributed by atoms with Crippen LogP contribution in [0.5, 0.6) is 0 Å². The molecule has 0 radical (unpaired) electrons. The minimum Gasteiger partial charge on any atom is -0.350 e. The lowest BCUT2D eigenvalue weighted by Crippen LogP contribution is -2.14. The Morgan fingerprint density at radius 2 is 2.00 bits per heavy atom. The SMILES string of the molecule is C=CC(C)(C)CCC1OCCO1. The molecule has 0 aromatic heterocycles. The maximum absolute atomic E-state index is 5.34. The molecule has 0 spiro atoms. The molecule has 0 atom stereocenters. The molecule has 2 nitrogen and oxygen atoms in total. The number of rotatable bonds is 4. The second kappa shape index (κ2) is 4.06. The van der Waals surface area contributed by atoms with Gasteiger partial charge in [-0.15, -0.1) is 6.58 Å². The Morgan fingerprint density at radius 3 is 2.50 bits per heavy atom. The minimum absolute atomic E-state index is 0.0317. The van der Waals surface area contributed by atoms with Crippen molar-refractivity contribution in [1.29, 1.82) is 0 Å². The molecule has 0 aliphatic carbocycles. The van der Waals surface area contributed by atoms with Gasteiger partial charge in [0.05, 0.1) is 13.2 Å². The molecule has 1 saturated heterocycles. The Balaban J connectivity index is 2.19. The van der Waals surface area contributed by atoms with Crippen molar-refractivity contribution in [3.8, 4) is 0 Å². The zero-order chi connectivity index (χ0) is 9.03. The largest absolute Gasteiger partial charge is 0.350 e. The predicted octanol–water partition coefficient (Wildman–Crippen LogP) is 2.35.